The van der Waals surface area contributed by atoms with Crippen molar-refractivity contribution in [3.05, 3.63) is 58.6 Å². The number of anilines is 1. The number of benzene rings is 2. The Morgan fingerprint density at radius 3 is 2.56 bits per heavy atom. The number of carbonyl (C=O) groups is 2. The minimum absolute atomic E-state index is 0.223. The van der Waals surface area contributed by atoms with Crippen molar-refractivity contribution in [1.82, 2.24) is 10.9 Å². The molecule has 0 atom stereocenters. The lowest BCUT2D eigenvalue weighted by molar-refractivity contribution is -0.123. The van der Waals surface area contributed by atoms with Crippen LogP contribution in [0.4, 0.5) is 5.69 Å². The molecule has 0 unspecified atom stereocenters. The molecule has 0 radical (unpaired) electrons. The number of hydrogen-bond acceptors (Lipinski definition) is 4. The summed E-state index contributed by atoms with van der Waals surface area (Å²) in [6.45, 7) is 1.62. The molecule has 0 fully saturated rings. The van der Waals surface area contributed by atoms with Gasteiger partial charge in [-0.2, -0.15) is 0 Å². The van der Waals surface area contributed by atoms with Gasteiger partial charge in [-0.3, -0.25) is 20.4 Å². The van der Waals surface area contributed by atoms with Crippen LogP contribution in [0.5, 0.6) is 5.75 Å². The van der Waals surface area contributed by atoms with Crippen LogP contribution in [-0.4, -0.2) is 32.5 Å². The van der Waals surface area contributed by atoms with Crippen LogP contribution in [0.3, 0.4) is 0 Å². The van der Waals surface area contributed by atoms with Crippen LogP contribution in [-0.2, 0) is 4.79 Å². The Hall–Kier alpha value is -2.73. The second kappa shape index (κ2) is 8.39. The summed E-state index contributed by atoms with van der Waals surface area (Å²) in [5, 5.41) is 0.629. The summed E-state index contributed by atoms with van der Waals surface area (Å²) in [6.07, 6.45) is 0. The summed E-state index contributed by atoms with van der Waals surface area (Å²) < 4.78 is 5.36. The van der Waals surface area contributed by atoms with E-state index in [1.807, 2.05) is 32.0 Å². The van der Waals surface area contributed by atoms with E-state index in [1.165, 1.54) is 0 Å². The maximum atomic E-state index is 12.1. The van der Waals surface area contributed by atoms with Crippen LogP contribution in [0.1, 0.15) is 15.9 Å². The lowest BCUT2D eigenvalue weighted by Gasteiger charge is -2.14. The highest BCUT2D eigenvalue weighted by Crippen LogP contribution is 2.20. The van der Waals surface area contributed by atoms with Gasteiger partial charge in [0.2, 0.25) is 0 Å². The van der Waals surface area contributed by atoms with Crippen molar-refractivity contribution in [2.45, 2.75) is 6.92 Å². The van der Waals surface area contributed by atoms with Crippen LogP contribution in [0.15, 0.2) is 42.5 Å². The number of aryl methyl sites for hydroxylation is 1. The van der Waals surface area contributed by atoms with Crippen molar-refractivity contribution in [3.8, 4) is 5.75 Å². The summed E-state index contributed by atoms with van der Waals surface area (Å²) in [5.41, 5.74) is 6.88. The molecular formula is C18H20ClN3O3. The summed E-state index contributed by atoms with van der Waals surface area (Å²) in [6, 6.07) is 12.2. The predicted molar refractivity (Wildman–Crippen MR) is 98.1 cm³/mol. The summed E-state index contributed by atoms with van der Waals surface area (Å²) in [5.74, 6) is -0.342. The van der Waals surface area contributed by atoms with E-state index in [1.54, 1.807) is 36.4 Å². The smallest absolute Gasteiger partial charge is 0.276 e. The van der Waals surface area contributed by atoms with Gasteiger partial charge in [-0.05, 0) is 48.9 Å². The first-order valence-corrected chi connectivity index (χ1v) is 8.00. The van der Waals surface area contributed by atoms with Gasteiger partial charge in [0.15, 0.2) is 6.61 Å². The van der Waals surface area contributed by atoms with E-state index >= 15 is 0 Å². The maximum Gasteiger partial charge on any atom is 0.276 e. The van der Waals surface area contributed by atoms with Crippen molar-refractivity contribution >= 4 is 29.1 Å². The van der Waals surface area contributed by atoms with Crippen molar-refractivity contribution in [2.24, 2.45) is 0 Å². The highest BCUT2D eigenvalue weighted by molar-refractivity contribution is 6.31. The summed E-state index contributed by atoms with van der Waals surface area (Å²) >= 11 is 5.93. The Labute approximate surface area is 151 Å². The lowest BCUT2D eigenvalue weighted by atomic mass is 10.2. The molecule has 7 heteroatoms. The highest BCUT2D eigenvalue weighted by atomic mass is 35.5. The monoisotopic (exact) mass is 361 g/mol. The number of amides is 2. The van der Waals surface area contributed by atoms with E-state index in [4.69, 9.17) is 16.3 Å². The van der Waals surface area contributed by atoms with Crippen LogP contribution in [0, 0.1) is 6.92 Å². The number of hydrogen-bond donors (Lipinski definition) is 2. The van der Waals surface area contributed by atoms with Crippen LogP contribution >= 0.6 is 11.6 Å². The molecule has 0 heterocycles. The Balaban J connectivity index is 1.84. The molecule has 0 saturated heterocycles. The first-order chi connectivity index (χ1) is 11.9. The Morgan fingerprint density at radius 2 is 1.88 bits per heavy atom. The van der Waals surface area contributed by atoms with Gasteiger partial charge in [-0.1, -0.05) is 17.7 Å². The molecule has 0 aliphatic heterocycles. The normalized spacial score (nSPS) is 10.1. The zero-order valence-electron chi connectivity index (χ0n) is 14.3. The maximum absolute atomic E-state index is 12.1. The van der Waals surface area contributed by atoms with Gasteiger partial charge in [-0.25, -0.2) is 0 Å². The van der Waals surface area contributed by atoms with Crippen LogP contribution < -0.4 is 20.5 Å². The van der Waals surface area contributed by atoms with E-state index in [-0.39, 0.29) is 6.61 Å². The standard InChI is InChI=1S/C18H20ClN3O3/c1-12-9-15(7-8-16(12)19)25-11-17(23)20-21-18(24)13-5-4-6-14(10-13)22(2)3/h4-10H,11H2,1-3H3,(H,20,23)(H,21,24). The molecule has 0 spiro atoms. The molecule has 0 aliphatic rings. The minimum Gasteiger partial charge on any atom is -0.484 e. The third-order valence-electron chi connectivity index (χ3n) is 3.44. The molecule has 0 bridgehead atoms. The molecule has 25 heavy (non-hydrogen) atoms. The molecule has 132 valence electrons. The summed E-state index contributed by atoms with van der Waals surface area (Å²) in [4.78, 5) is 25.8. The molecule has 2 rings (SSSR count). The Bertz CT molecular complexity index is 778. The highest BCUT2D eigenvalue weighted by Gasteiger charge is 2.09. The number of hydrazine groups is 1. The number of nitrogens with zero attached hydrogens (tertiary/aromatic N) is 1. The number of ether oxygens (including phenoxy) is 1. The van der Waals surface area contributed by atoms with E-state index in [0.717, 1.165) is 11.3 Å². The molecule has 2 aromatic carbocycles. The molecule has 0 saturated carbocycles. The van der Waals surface area contributed by atoms with Crippen LogP contribution in [0.25, 0.3) is 0 Å². The van der Waals surface area contributed by atoms with E-state index in [9.17, 15) is 9.59 Å². The largest absolute Gasteiger partial charge is 0.484 e. The quantitative estimate of drug-likeness (QED) is 0.803. The first-order valence-electron chi connectivity index (χ1n) is 7.62. The van der Waals surface area contributed by atoms with Crippen molar-refractivity contribution in [2.75, 3.05) is 25.6 Å². The SMILES string of the molecule is Cc1cc(OCC(=O)NNC(=O)c2cccc(N(C)C)c2)ccc1Cl. The fourth-order valence-electron chi connectivity index (χ4n) is 2.02. The van der Waals surface area contributed by atoms with Crippen molar-refractivity contribution in [3.63, 3.8) is 0 Å². The van der Waals surface area contributed by atoms with Crippen LogP contribution in [0.2, 0.25) is 5.02 Å². The first kappa shape index (κ1) is 18.6. The number of nitrogens with one attached hydrogen (secondary N) is 2. The zero-order chi connectivity index (χ0) is 18.4. The molecule has 0 aromatic heterocycles. The zero-order valence-corrected chi connectivity index (χ0v) is 15.1. The number of halogens is 1. The Kier molecular flexibility index (Phi) is 6.25. The van der Waals surface area contributed by atoms with Crippen molar-refractivity contribution < 1.29 is 14.3 Å². The fourth-order valence-corrected chi connectivity index (χ4v) is 2.13. The van der Waals surface area contributed by atoms with Gasteiger partial charge in [0.1, 0.15) is 5.75 Å². The minimum atomic E-state index is -0.468. The third-order valence-corrected chi connectivity index (χ3v) is 3.86. The van der Waals surface area contributed by atoms with Gasteiger partial charge in [-0.15, -0.1) is 0 Å². The average molecular weight is 362 g/mol. The molecule has 6 nitrogen and oxygen atoms in total. The fraction of sp³-hybridized carbons (Fsp3) is 0.222. The van der Waals surface area contributed by atoms with Crippen molar-refractivity contribution in [1.29, 1.82) is 0 Å². The topological polar surface area (TPSA) is 70.7 Å². The lowest BCUT2D eigenvalue weighted by Crippen LogP contribution is -2.43. The van der Waals surface area contributed by atoms with Gasteiger partial charge in [0.05, 0.1) is 0 Å². The summed E-state index contributed by atoms with van der Waals surface area (Å²) in [7, 11) is 3.77. The Morgan fingerprint density at radius 1 is 1.12 bits per heavy atom. The predicted octanol–water partition coefficient (Wildman–Crippen LogP) is 2.55. The van der Waals surface area contributed by atoms with Gasteiger partial charge < -0.3 is 9.64 Å². The molecular weight excluding hydrogens is 342 g/mol. The second-order valence-corrected chi connectivity index (χ2v) is 6.05. The van der Waals surface area contributed by atoms with Gasteiger partial charge >= 0.3 is 0 Å². The van der Waals surface area contributed by atoms with Gasteiger partial charge in [0, 0.05) is 30.4 Å². The molecule has 2 N–H and O–H groups in total. The number of rotatable bonds is 5. The second-order valence-electron chi connectivity index (χ2n) is 5.65. The van der Waals surface area contributed by atoms with E-state index < -0.39 is 11.8 Å². The molecule has 0 aliphatic carbocycles. The number of carbonyl (C=O) groups excluding carboxylic acids is 2. The third kappa shape index (κ3) is 5.39. The molecule has 2 aromatic rings. The van der Waals surface area contributed by atoms with Gasteiger partial charge in [0.25, 0.3) is 11.8 Å². The van der Waals surface area contributed by atoms with E-state index in [0.29, 0.717) is 16.3 Å². The van der Waals surface area contributed by atoms with E-state index in [2.05, 4.69) is 10.9 Å². The average Bonchev–Trinajstić information content (AvgIpc) is 2.60. The molecule has 2 amide bonds.